The molecule has 0 fully saturated rings. The summed E-state index contributed by atoms with van der Waals surface area (Å²) in [6.07, 6.45) is 1.06. The molecule has 0 atom stereocenters. The summed E-state index contributed by atoms with van der Waals surface area (Å²) in [5.41, 5.74) is 0. The van der Waals surface area contributed by atoms with Crippen molar-refractivity contribution in [1.29, 1.82) is 0 Å². The average Bonchev–Trinajstić information content (AvgIpc) is 2.01. The molecule has 0 saturated carbocycles. The molecule has 0 aromatic carbocycles. The standard InChI is InChI=1S/C7H18NO2/c1-5-7-8(6-2,9-3)10-4/h5-7H2,1-4H3/q+1. The number of nitrogens with zero attached hydrogens (tertiary/aromatic N) is 1. The molecule has 10 heavy (non-hydrogen) atoms. The number of hydroxylamine groups is 4. The third kappa shape index (κ3) is 2.25. The van der Waals surface area contributed by atoms with Crippen molar-refractivity contribution in [2.75, 3.05) is 27.3 Å². The molecule has 0 amide bonds. The topological polar surface area (TPSA) is 18.5 Å². The van der Waals surface area contributed by atoms with Crippen molar-refractivity contribution < 1.29 is 14.5 Å². The van der Waals surface area contributed by atoms with Crippen LogP contribution in [0.1, 0.15) is 20.3 Å². The highest BCUT2D eigenvalue weighted by atomic mass is 17.0. The maximum Gasteiger partial charge on any atom is 0.142 e. The normalized spacial score (nSPS) is 12.0. The second-order valence-corrected chi connectivity index (χ2v) is 2.22. The van der Waals surface area contributed by atoms with Gasteiger partial charge in [0.25, 0.3) is 0 Å². The fraction of sp³-hybridized carbons (Fsp3) is 1.00. The zero-order valence-electron chi connectivity index (χ0n) is 7.39. The highest BCUT2D eigenvalue weighted by Gasteiger charge is 2.24. The summed E-state index contributed by atoms with van der Waals surface area (Å²) < 4.78 is 0. The van der Waals surface area contributed by atoms with E-state index in [2.05, 4.69) is 6.92 Å². The highest BCUT2D eigenvalue weighted by Crippen LogP contribution is 2.07. The predicted octanol–water partition coefficient (Wildman–Crippen LogP) is 1.36. The van der Waals surface area contributed by atoms with Crippen LogP contribution in [0.25, 0.3) is 0 Å². The summed E-state index contributed by atoms with van der Waals surface area (Å²) in [6.45, 7) is 5.91. The van der Waals surface area contributed by atoms with Crippen LogP contribution in [-0.2, 0) is 9.68 Å². The van der Waals surface area contributed by atoms with E-state index in [9.17, 15) is 0 Å². The molecule has 3 heteroatoms. The first-order valence-corrected chi connectivity index (χ1v) is 3.73. The van der Waals surface area contributed by atoms with E-state index in [4.69, 9.17) is 9.68 Å². The van der Waals surface area contributed by atoms with Crippen LogP contribution in [0.3, 0.4) is 0 Å². The monoisotopic (exact) mass is 148 g/mol. The van der Waals surface area contributed by atoms with Gasteiger partial charge in [-0.1, -0.05) is 6.92 Å². The summed E-state index contributed by atoms with van der Waals surface area (Å²) in [5, 5.41) is 0. The maximum atomic E-state index is 5.19. The summed E-state index contributed by atoms with van der Waals surface area (Å²) in [5.74, 6) is 0. The smallest absolute Gasteiger partial charge is 0.142 e. The SMILES string of the molecule is CCC[N+](CC)(OC)OC. The van der Waals surface area contributed by atoms with Gasteiger partial charge < -0.3 is 0 Å². The molecule has 0 aliphatic rings. The van der Waals surface area contributed by atoms with Crippen molar-refractivity contribution in [3.8, 4) is 0 Å². The zero-order chi connectivity index (χ0) is 8.04. The molecule has 62 valence electrons. The Morgan fingerprint density at radius 2 is 1.60 bits per heavy atom. The molecule has 0 unspecified atom stereocenters. The Morgan fingerprint density at radius 3 is 1.70 bits per heavy atom. The second kappa shape index (κ2) is 4.66. The minimum Gasteiger partial charge on any atom is -0.171 e. The highest BCUT2D eigenvalue weighted by molar-refractivity contribution is 4.19. The molecule has 0 bridgehead atoms. The van der Waals surface area contributed by atoms with E-state index in [1.807, 2.05) is 6.92 Å². The molecule has 0 heterocycles. The van der Waals surface area contributed by atoms with Crippen LogP contribution in [0.15, 0.2) is 0 Å². The molecule has 3 nitrogen and oxygen atoms in total. The molecule has 0 aliphatic carbocycles. The first-order valence-electron chi connectivity index (χ1n) is 3.73. The van der Waals surface area contributed by atoms with Gasteiger partial charge in [0.05, 0.1) is 14.2 Å². The molecule has 0 aliphatic heterocycles. The molecule has 0 saturated heterocycles. The molecule has 0 rings (SSSR count). The predicted molar refractivity (Wildman–Crippen MR) is 40.0 cm³/mol. The summed E-state index contributed by atoms with van der Waals surface area (Å²) in [7, 11) is 3.34. The van der Waals surface area contributed by atoms with E-state index < -0.39 is 0 Å². The lowest BCUT2D eigenvalue weighted by atomic mass is 10.4. The van der Waals surface area contributed by atoms with Gasteiger partial charge in [0.2, 0.25) is 0 Å². The third-order valence-electron chi connectivity index (χ3n) is 1.71. The van der Waals surface area contributed by atoms with Gasteiger partial charge in [-0.15, -0.1) is 0 Å². The van der Waals surface area contributed by atoms with Gasteiger partial charge in [0.1, 0.15) is 13.1 Å². The first-order chi connectivity index (χ1) is 4.74. The third-order valence-corrected chi connectivity index (χ3v) is 1.71. The summed E-state index contributed by atoms with van der Waals surface area (Å²) >= 11 is 0. The minimum absolute atomic E-state index is 0.302. The van der Waals surface area contributed by atoms with Crippen LogP contribution < -0.4 is 0 Å². The van der Waals surface area contributed by atoms with Gasteiger partial charge in [0.15, 0.2) is 0 Å². The van der Waals surface area contributed by atoms with E-state index in [0.29, 0.717) is 4.81 Å². The van der Waals surface area contributed by atoms with Crippen molar-refractivity contribution in [3.05, 3.63) is 0 Å². The van der Waals surface area contributed by atoms with E-state index >= 15 is 0 Å². The number of hydrogen-bond acceptors (Lipinski definition) is 2. The van der Waals surface area contributed by atoms with Crippen molar-refractivity contribution in [3.63, 3.8) is 0 Å². The molecule has 0 aromatic heterocycles. The van der Waals surface area contributed by atoms with Gasteiger partial charge >= 0.3 is 0 Å². The van der Waals surface area contributed by atoms with E-state index in [1.165, 1.54) is 0 Å². The molecule has 0 spiro atoms. The first kappa shape index (κ1) is 9.88. The Labute approximate surface area is 63.0 Å². The number of quaternary nitrogens is 1. The van der Waals surface area contributed by atoms with Gasteiger partial charge in [-0.05, 0) is 18.2 Å². The molecule has 0 radical (unpaired) electrons. The Kier molecular flexibility index (Phi) is 4.60. The van der Waals surface area contributed by atoms with Crippen molar-refractivity contribution >= 4 is 0 Å². The van der Waals surface area contributed by atoms with Gasteiger partial charge in [-0.25, -0.2) is 0 Å². The lowest BCUT2D eigenvalue weighted by molar-refractivity contribution is -1.24. The Hall–Kier alpha value is -0.120. The molecular weight excluding hydrogens is 130 g/mol. The van der Waals surface area contributed by atoms with Crippen LogP contribution in [0.2, 0.25) is 0 Å². The summed E-state index contributed by atoms with van der Waals surface area (Å²) in [6, 6.07) is 0. The lowest BCUT2D eigenvalue weighted by Gasteiger charge is -2.27. The van der Waals surface area contributed by atoms with Crippen LogP contribution >= 0.6 is 0 Å². The molecule has 0 aromatic rings. The second-order valence-electron chi connectivity index (χ2n) is 2.22. The van der Waals surface area contributed by atoms with Crippen molar-refractivity contribution in [1.82, 2.24) is 0 Å². The van der Waals surface area contributed by atoms with Crippen LogP contribution in [0, 0.1) is 0 Å². The van der Waals surface area contributed by atoms with Crippen molar-refractivity contribution in [2.24, 2.45) is 0 Å². The molecular formula is C7H18NO2+. The largest absolute Gasteiger partial charge is 0.171 e. The van der Waals surface area contributed by atoms with Crippen molar-refractivity contribution in [2.45, 2.75) is 20.3 Å². The van der Waals surface area contributed by atoms with Crippen LogP contribution in [0.4, 0.5) is 0 Å². The fourth-order valence-electron chi connectivity index (χ4n) is 1.01. The Bertz CT molecular complexity index is 73.4. The van der Waals surface area contributed by atoms with E-state index in [0.717, 1.165) is 19.5 Å². The van der Waals surface area contributed by atoms with Crippen LogP contribution in [-0.4, -0.2) is 32.1 Å². The fourth-order valence-corrected chi connectivity index (χ4v) is 1.01. The van der Waals surface area contributed by atoms with Gasteiger partial charge in [0, 0.05) is 0 Å². The van der Waals surface area contributed by atoms with Gasteiger partial charge in [-0.3, -0.25) is 0 Å². The lowest BCUT2D eigenvalue weighted by Crippen LogP contribution is -2.46. The zero-order valence-corrected chi connectivity index (χ0v) is 7.39. The average molecular weight is 148 g/mol. The Balaban J connectivity index is 3.87. The van der Waals surface area contributed by atoms with Crippen LogP contribution in [0.5, 0.6) is 0 Å². The summed E-state index contributed by atoms with van der Waals surface area (Å²) in [4.78, 5) is 10.7. The maximum absolute atomic E-state index is 5.19. The van der Waals surface area contributed by atoms with Gasteiger partial charge in [-0.2, -0.15) is 9.68 Å². The molecule has 0 N–H and O–H groups in total. The minimum atomic E-state index is 0.302. The number of hydrogen-bond donors (Lipinski definition) is 0. The quantitative estimate of drug-likeness (QED) is 0.433. The number of rotatable bonds is 5. The van der Waals surface area contributed by atoms with E-state index in [1.54, 1.807) is 14.2 Å². The van der Waals surface area contributed by atoms with E-state index in [-0.39, 0.29) is 0 Å². The Morgan fingerprint density at radius 1 is 1.10 bits per heavy atom.